The second kappa shape index (κ2) is 6.21. The van der Waals surface area contributed by atoms with Crippen LogP contribution in [0.15, 0.2) is 30.3 Å². The molecule has 0 spiro atoms. The van der Waals surface area contributed by atoms with Crippen molar-refractivity contribution in [3.05, 3.63) is 47.3 Å². The monoisotopic (exact) mass is 245 g/mol. The SMILES string of the molecule is CCNCc1c(COc2ccccc2)n[nH]c1C. The molecule has 4 heteroatoms. The zero-order chi connectivity index (χ0) is 12.8. The van der Waals surface area contributed by atoms with Crippen LogP contribution in [0, 0.1) is 6.92 Å². The predicted octanol–water partition coefficient (Wildman–Crippen LogP) is 2.41. The molecule has 1 heterocycles. The Balaban J connectivity index is 2.01. The molecule has 0 aliphatic heterocycles. The molecular weight excluding hydrogens is 226 g/mol. The van der Waals surface area contributed by atoms with Gasteiger partial charge in [-0.1, -0.05) is 25.1 Å². The van der Waals surface area contributed by atoms with Gasteiger partial charge in [0.05, 0.1) is 0 Å². The van der Waals surface area contributed by atoms with Crippen LogP contribution in [0.3, 0.4) is 0 Å². The van der Waals surface area contributed by atoms with Gasteiger partial charge in [0, 0.05) is 17.8 Å². The van der Waals surface area contributed by atoms with Crippen LogP contribution in [0.5, 0.6) is 5.75 Å². The molecule has 0 fully saturated rings. The first-order valence-corrected chi connectivity index (χ1v) is 6.22. The lowest BCUT2D eigenvalue weighted by atomic mass is 10.2. The summed E-state index contributed by atoms with van der Waals surface area (Å²) >= 11 is 0. The first-order chi connectivity index (χ1) is 8.81. The Morgan fingerprint density at radius 3 is 2.78 bits per heavy atom. The van der Waals surface area contributed by atoms with E-state index in [9.17, 15) is 0 Å². The van der Waals surface area contributed by atoms with Crippen molar-refractivity contribution in [2.24, 2.45) is 0 Å². The average molecular weight is 245 g/mol. The number of hydrogen-bond acceptors (Lipinski definition) is 3. The summed E-state index contributed by atoms with van der Waals surface area (Å²) in [6.45, 7) is 6.40. The number of aryl methyl sites for hydroxylation is 1. The third-order valence-corrected chi connectivity index (χ3v) is 2.83. The van der Waals surface area contributed by atoms with Crippen LogP contribution >= 0.6 is 0 Å². The molecule has 18 heavy (non-hydrogen) atoms. The van der Waals surface area contributed by atoms with Crippen molar-refractivity contribution in [1.82, 2.24) is 15.5 Å². The van der Waals surface area contributed by atoms with E-state index in [1.807, 2.05) is 37.3 Å². The molecule has 0 unspecified atom stereocenters. The highest BCUT2D eigenvalue weighted by Crippen LogP contribution is 2.15. The molecule has 1 aromatic carbocycles. The average Bonchev–Trinajstić information content (AvgIpc) is 2.76. The van der Waals surface area contributed by atoms with Crippen LogP contribution in [0.4, 0.5) is 0 Å². The van der Waals surface area contributed by atoms with E-state index in [4.69, 9.17) is 4.74 Å². The number of hydrogen-bond donors (Lipinski definition) is 2. The zero-order valence-corrected chi connectivity index (χ0v) is 10.9. The number of para-hydroxylation sites is 1. The van der Waals surface area contributed by atoms with E-state index in [0.717, 1.165) is 30.2 Å². The lowest BCUT2D eigenvalue weighted by Crippen LogP contribution is -2.14. The van der Waals surface area contributed by atoms with Gasteiger partial charge in [-0.2, -0.15) is 5.10 Å². The molecule has 0 radical (unpaired) electrons. The number of nitrogens with zero attached hydrogens (tertiary/aromatic N) is 1. The molecule has 0 aliphatic rings. The molecule has 0 amide bonds. The van der Waals surface area contributed by atoms with Crippen LogP contribution in [0.1, 0.15) is 23.9 Å². The topological polar surface area (TPSA) is 49.9 Å². The Morgan fingerprint density at radius 1 is 1.28 bits per heavy atom. The normalized spacial score (nSPS) is 10.6. The Labute approximate surface area is 107 Å². The number of aromatic nitrogens is 2. The van der Waals surface area contributed by atoms with Gasteiger partial charge in [-0.3, -0.25) is 5.10 Å². The molecule has 4 nitrogen and oxygen atoms in total. The summed E-state index contributed by atoms with van der Waals surface area (Å²) in [7, 11) is 0. The summed E-state index contributed by atoms with van der Waals surface area (Å²) in [5.74, 6) is 0.868. The lowest BCUT2D eigenvalue weighted by Gasteiger charge is -2.07. The molecule has 0 atom stereocenters. The van der Waals surface area contributed by atoms with E-state index < -0.39 is 0 Å². The second-order valence-electron chi connectivity index (χ2n) is 4.16. The Bertz CT molecular complexity index is 479. The molecule has 2 rings (SSSR count). The molecule has 0 saturated heterocycles. The van der Waals surface area contributed by atoms with Crippen molar-refractivity contribution in [3.8, 4) is 5.75 Å². The standard InChI is InChI=1S/C14H19N3O/c1-3-15-9-13-11(2)16-17-14(13)10-18-12-7-5-4-6-8-12/h4-8,15H,3,9-10H2,1-2H3,(H,16,17). The van der Waals surface area contributed by atoms with Crippen molar-refractivity contribution in [1.29, 1.82) is 0 Å². The van der Waals surface area contributed by atoms with Crippen LogP contribution in [0.25, 0.3) is 0 Å². The highest BCUT2D eigenvalue weighted by Gasteiger charge is 2.10. The quantitative estimate of drug-likeness (QED) is 0.821. The van der Waals surface area contributed by atoms with Crippen LogP contribution in [0.2, 0.25) is 0 Å². The third kappa shape index (κ3) is 3.11. The summed E-state index contributed by atoms with van der Waals surface area (Å²) in [6, 6.07) is 9.80. The first-order valence-electron chi connectivity index (χ1n) is 6.22. The Morgan fingerprint density at radius 2 is 2.06 bits per heavy atom. The van der Waals surface area contributed by atoms with Gasteiger partial charge in [0.2, 0.25) is 0 Å². The van der Waals surface area contributed by atoms with Gasteiger partial charge in [-0.05, 0) is 25.6 Å². The summed E-state index contributed by atoms with van der Waals surface area (Å²) in [6.07, 6.45) is 0. The maximum atomic E-state index is 5.72. The molecule has 2 aromatic rings. The number of aromatic amines is 1. The van der Waals surface area contributed by atoms with Crippen molar-refractivity contribution < 1.29 is 4.74 Å². The van der Waals surface area contributed by atoms with E-state index in [1.165, 1.54) is 5.56 Å². The van der Waals surface area contributed by atoms with Crippen LogP contribution < -0.4 is 10.1 Å². The maximum absolute atomic E-state index is 5.72. The Kier molecular flexibility index (Phi) is 4.36. The molecule has 0 saturated carbocycles. The fraction of sp³-hybridized carbons (Fsp3) is 0.357. The van der Waals surface area contributed by atoms with Crippen molar-refractivity contribution in [3.63, 3.8) is 0 Å². The number of benzene rings is 1. The molecular formula is C14H19N3O. The third-order valence-electron chi connectivity index (χ3n) is 2.83. The van der Waals surface area contributed by atoms with Gasteiger partial charge in [0.1, 0.15) is 18.1 Å². The fourth-order valence-electron chi connectivity index (χ4n) is 1.78. The van der Waals surface area contributed by atoms with Gasteiger partial charge in [0.15, 0.2) is 0 Å². The van der Waals surface area contributed by atoms with Gasteiger partial charge < -0.3 is 10.1 Å². The molecule has 1 aromatic heterocycles. The summed E-state index contributed by atoms with van der Waals surface area (Å²) < 4.78 is 5.72. The van der Waals surface area contributed by atoms with Gasteiger partial charge in [0.25, 0.3) is 0 Å². The minimum absolute atomic E-state index is 0.495. The second-order valence-corrected chi connectivity index (χ2v) is 4.16. The molecule has 0 aliphatic carbocycles. The van der Waals surface area contributed by atoms with Gasteiger partial charge >= 0.3 is 0 Å². The Hall–Kier alpha value is -1.81. The van der Waals surface area contributed by atoms with E-state index in [2.05, 4.69) is 22.4 Å². The first kappa shape index (κ1) is 12.6. The minimum atomic E-state index is 0.495. The number of rotatable bonds is 6. The van der Waals surface area contributed by atoms with E-state index in [0.29, 0.717) is 6.61 Å². The van der Waals surface area contributed by atoms with E-state index in [-0.39, 0.29) is 0 Å². The minimum Gasteiger partial charge on any atom is -0.487 e. The molecule has 2 N–H and O–H groups in total. The maximum Gasteiger partial charge on any atom is 0.132 e. The summed E-state index contributed by atoms with van der Waals surface area (Å²) in [5, 5.41) is 10.6. The molecule has 0 bridgehead atoms. The van der Waals surface area contributed by atoms with E-state index in [1.54, 1.807) is 0 Å². The smallest absolute Gasteiger partial charge is 0.132 e. The van der Waals surface area contributed by atoms with Crippen LogP contribution in [-0.4, -0.2) is 16.7 Å². The highest BCUT2D eigenvalue weighted by atomic mass is 16.5. The molecule has 96 valence electrons. The van der Waals surface area contributed by atoms with Crippen LogP contribution in [-0.2, 0) is 13.2 Å². The number of nitrogens with one attached hydrogen (secondary N) is 2. The van der Waals surface area contributed by atoms with Crippen molar-refractivity contribution >= 4 is 0 Å². The highest BCUT2D eigenvalue weighted by molar-refractivity contribution is 5.25. The zero-order valence-electron chi connectivity index (χ0n) is 10.9. The lowest BCUT2D eigenvalue weighted by molar-refractivity contribution is 0.299. The van der Waals surface area contributed by atoms with Crippen molar-refractivity contribution in [2.45, 2.75) is 27.0 Å². The fourth-order valence-corrected chi connectivity index (χ4v) is 1.78. The van der Waals surface area contributed by atoms with E-state index >= 15 is 0 Å². The largest absolute Gasteiger partial charge is 0.487 e. The summed E-state index contributed by atoms with van der Waals surface area (Å²) in [5.41, 5.74) is 3.27. The predicted molar refractivity (Wildman–Crippen MR) is 71.5 cm³/mol. The van der Waals surface area contributed by atoms with Crippen molar-refractivity contribution in [2.75, 3.05) is 6.54 Å². The van der Waals surface area contributed by atoms with Gasteiger partial charge in [-0.25, -0.2) is 0 Å². The van der Waals surface area contributed by atoms with Gasteiger partial charge in [-0.15, -0.1) is 0 Å². The summed E-state index contributed by atoms with van der Waals surface area (Å²) in [4.78, 5) is 0. The number of ether oxygens (including phenoxy) is 1. The number of H-pyrrole nitrogens is 1.